The number of fused-ring (bicyclic) bond motifs is 1. The minimum atomic E-state index is -0.104. The molecule has 0 aliphatic heterocycles. The highest BCUT2D eigenvalue weighted by Crippen LogP contribution is 2.24. The molecule has 94 valence electrons. The van der Waals surface area contributed by atoms with E-state index >= 15 is 0 Å². The SMILES string of the molecule is Cc1ccccc1Oc1ccn2c(=O)ccnc2c1. The molecule has 0 saturated heterocycles. The number of aromatic nitrogens is 2. The molecule has 4 heteroatoms. The van der Waals surface area contributed by atoms with E-state index in [0.29, 0.717) is 11.4 Å². The summed E-state index contributed by atoms with van der Waals surface area (Å²) in [6, 6.07) is 12.7. The van der Waals surface area contributed by atoms with Crippen molar-refractivity contribution in [2.45, 2.75) is 6.92 Å². The first-order valence-corrected chi connectivity index (χ1v) is 5.95. The maximum absolute atomic E-state index is 11.6. The second kappa shape index (κ2) is 4.57. The van der Waals surface area contributed by atoms with Crippen molar-refractivity contribution in [1.29, 1.82) is 0 Å². The van der Waals surface area contributed by atoms with Gasteiger partial charge in [-0.05, 0) is 24.6 Å². The Labute approximate surface area is 109 Å². The summed E-state index contributed by atoms with van der Waals surface area (Å²) < 4.78 is 7.28. The molecular formula is C15H12N2O2. The third-order valence-corrected chi connectivity index (χ3v) is 2.89. The number of ether oxygens (including phenoxy) is 1. The van der Waals surface area contributed by atoms with Gasteiger partial charge in [0, 0.05) is 24.5 Å². The molecule has 0 saturated carbocycles. The highest BCUT2D eigenvalue weighted by Gasteiger charge is 2.03. The molecule has 0 fully saturated rings. The zero-order valence-electron chi connectivity index (χ0n) is 10.4. The lowest BCUT2D eigenvalue weighted by Gasteiger charge is -2.09. The summed E-state index contributed by atoms with van der Waals surface area (Å²) >= 11 is 0. The summed E-state index contributed by atoms with van der Waals surface area (Å²) in [5.74, 6) is 1.46. The van der Waals surface area contributed by atoms with Crippen LogP contribution in [0.2, 0.25) is 0 Å². The molecule has 0 atom stereocenters. The first kappa shape index (κ1) is 11.5. The normalized spacial score (nSPS) is 10.6. The summed E-state index contributed by atoms with van der Waals surface area (Å²) in [6.45, 7) is 1.99. The summed E-state index contributed by atoms with van der Waals surface area (Å²) in [6.07, 6.45) is 3.16. The number of hydrogen-bond donors (Lipinski definition) is 0. The lowest BCUT2D eigenvalue weighted by Crippen LogP contribution is -2.12. The van der Waals surface area contributed by atoms with Crippen LogP contribution in [-0.2, 0) is 0 Å². The van der Waals surface area contributed by atoms with E-state index in [4.69, 9.17) is 4.74 Å². The number of nitrogens with zero attached hydrogens (tertiary/aromatic N) is 2. The lowest BCUT2D eigenvalue weighted by molar-refractivity contribution is 0.478. The van der Waals surface area contributed by atoms with Crippen LogP contribution < -0.4 is 10.3 Å². The smallest absolute Gasteiger partial charge is 0.257 e. The van der Waals surface area contributed by atoms with Gasteiger partial charge in [0.2, 0.25) is 0 Å². The third kappa shape index (κ3) is 2.20. The van der Waals surface area contributed by atoms with Crippen molar-refractivity contribution in [1.82, 2.24) is 9.38 Å². The van der Waals surface area contributed by atoms with Gasteiger partial charge in [-0.2, -0.15) is 0 Å². The highest BCUT2D eigenvalue weighted by molar-refractivity contribution is 5.45. The Hall–Kier alpha value is -2.62. The van der Waals surface area contributed by atoms with Crippen molar-refractivity contribution in [2.24, 2.45) is 0 Å². The molecule has 3 rings (SSSR count). The Morgan fingerprint density at radius 3 is 2.84 bits per heavy atom. The highest BCUT2D eigenvalue weighted by atomic mass is 16.5. The summed E-state index contributed by atoms with van der Waals surface area (Å²) in [7, 11) is 0. The molecular weight excluding hydrogens is 240 g/mol. The standard InChI is InChI=1S/C15H12N2O2/c1-11-4-2-3-5-13(11)19-12-7-9-17-14(10-12)16-8-6-15(17)18/h2-10H,1H3. The molecule has 19 heavy (non-hydrogen) atoms. The van der Waals surface area contributed by atoms with E-state index in [1.165, 1.54) is 16.7 Å². The Morgan fingerprint density at radius 2 is 2.00 bits per heavy atom. The average molecular weight is 252 g/mol. The quantitative estimate of drug-likeness (QED) is 0.704. The van der Waals surface area contributed by atoms with Gasteiger partial charge in [0.15, 0.2) is 0 Å². The van der Waals surface area contributed by atoms with Crippen LogP contribution in [0.15, 0.2) is 59.7 Å². The predicted octanol–water partition coefficient (Wildman–Crippen LogP) is 2.80. The van der Waals surface area contributed by atoms with Crippen molar-refractivity contribution in [3.63, 3.8) is 0 Å². The van der Waals surface area contributed by atoms with Crippen LogP contribution in [0, 0.1) is 6.92 Å². The van der Waals surface area contributed by atoms with Crippen molar-refractivity contribution in [3.8, 4) is 11.5 Å². The van der Waals surface area contributed by atoms with Crippen molar-refractivity contribution in [3.05, 3.63) is 70.8 Å². The molecule has 2 heterocycles. The van der Waals surface area contributed by atoms with Crippen LogP contribution in [0.25, 0.3) is 5.65 Å². The second-order valence-electron chi connectivity index (χ2n) is 4.24. The number of pyridine rings is 1. The molecule has 4 nitrogen and oxygen atoms in total. The van der Waals surface area contributed by atoms with Crippen LogP contribution in [0.3, 0.4) is 0 Å². The monoisotopic (exact) mass is 252 g/mol. The molecule has 3 aromatic rings. The van der Waals surface area contributed by atoms with E-state index in [0.717, 1.165) is 11.3 Å². The van der Waals surface area contributed by atoms with Gasteiger partial charge in [0.1, 0.15) is 17.1 Å². The van der Waals surface area contributed by atoms with Gasteiger partial charge < -0.3 is 4.74 Å². The van der Waals surface area contributed by atoms with Crippen molar-refractivity contribution in [2.75, 3.05) is 0 Å². The fourth-order valence-corrected chi connectivity index (χ4v) is 1.87. The van der Waals surface area contributed by atoms with E-state index in [2.05, 4.69) is 4.98 Å². The molecule has 0 unspecified atom stereocenters. The van der Waals surface area contributed by atoms with Crippen LogP contribution in [0.4, 0.5) is 0 Å². The van der Waals surface area contributed by atoms with E-state index in [9.17, 15) is 4.79 Å². The molecule has 2 aromatic heterocycles. The Balaban J connectivity index is 2.03. The van der Waals surface area contributed by atoms with E-state index in [1.54, 1.807) is 18.3 Å². The third-order valence-electron chi connectivity index (χ3n) is 2.89. The molecule has 0 amide bonds. The average Bonchev–Trinajstić information content (AvgIpc) is 2.42. The summed E-state index contributed by atoms with van der Waals surface area (Å²) in [5, 5.41) is 0. The number of hydrogen-bond acceptors (Lipinski definition) is 3. The first-order valence-electron chi connectivity index (χ1n) is 5.95. The Kier molecular flexibility index (Phi) is 2.76. The largest absolute Gasteiger partial charge is 0.457 e. The van der Waals surface area contributed by atoms with Gasteiger partial charge in [-0.25, -0.2) is 4.98 Å². The lowest BCUT2D eigenvalue weighted by atomic mass is 10.2. The number of aryl methyl sites for hydroxylation is 1. The van der Waals surface area contributed by atoms with Crippen LogP contribution in [0.5, 0.6) is 11.5 Å². The summed E-state index contributed by atoms with van der Waals surface area (Å²) in [5.41, 5.74) is 1.52. The molecule has 1 aromatic carbocycles. The topological polar surface area (TPSA) is 43.6 Å². The Morgan fingerprint density at radius 1 is 1.16 bits per heavy atom. The van der Waals surface area contributed by atoms with Crippen LogP contribution >= 0.6 is 0 Å². The van der Waals surface area contributed by atoms with Crippen molar-refractivity contribution < 1.29 is 4.74 Å². The van der Waals surface area contributed by atoms with Crippen molar-refractivity contribution >= 4 is 5.65 Å². The molecule has 0 aliphatic carbocycles. The number of para-hydroxylation sites is 1. The van der Waals surface area contributed by atoms with Crippen LogP contribution in [0.1, 0.15) is 5.56 Å². The van der Waals surface area contributed by atoms with E-state index in [-0.39, 0.29) is 5.56 Å². The van der Waals surface area contributed by atoms with Crippen LogP contribution in [-0.4, -0.2) is 9.38 Å². The number of benzene rings is 1. The molecule has 0 N–H and O–H groups in total. The van der Waals surface area contributed by atoms with E-state index in [1.807, 2.05) is 31.2 Å². The zero-order valence-corrected chi connectivity index (χ0v) is 10.4. The first-order chi connectivity index (χ1) is 9.24. The van der Waals surface area contributed by atoms with E-state index < -0.39 is 0 Å². The summed E-state index contributed by atoms with van der Waals surface area (Å²) in [4.78, 5) is 15.7. The minimum Gasteiger partial charge on any atom is -0.457 e. The maximum atomic E-state index is 11.6. The van der Waals surface area contributed by atoms with Gasteiger partial charge >= 0.3 is 0 Å². The minimum absolute atomic E-state index is 0.104. The van der Waals surface area contributed by atoms with Gasteiger partial charge in [0.05, 0.1) is 0 Å². The second-order valence-corrected chi connectivity index (χ2v) is 4.24. The van der Waals surface area contributed by atoms with Gasteiger partial charge in [-0.15, -0.1) is 0 Å². The molecule has 0 bridgehead atoms. The fraction of sp³-hybridized carbons (Fsp3) is 0.0667. The number of rotatable bonds is 2. The fourth-order valence-electron chi connectivity index (χ4n) is 1.87. The van der Waals surface area contributed by atoms with Gasteiger partial charge in [0.25, 0.3) is 5.56 Å². The predicted molar refractivity (Wildman–Crippen MR) is 72.7 cm³/mol. The van der Waals surface area contributed by atoms with Gasteiger partial charge in [-0.3, -0.25) is 9.20 Å². The Bertz CT molecular complexity index is 793. The van der Waals surface area contributed by atoms with Gasteiger partial charge in [-0.1, -0.05) is 18.2 Å². The molecule has 0 radical (unpaired) electrons. The molecule has 0 aliphatic rings. The zero-order chi connectivity index (χ0) is 13.2. The molecule has 0 spiro atoms. The maximum Gasteiger partial charge on any atom is 0.257 e.